The van der Waals surface area contributed by atoms with Crippen LogP contribution in [0.25, 0.3) is 0 Å². The van der Waals surface area contributed by atoms with Crippen LogP contribution < -0.4 is 0 Å². The van der Waals surface area contributed by atoms with Gasteiger partial charge in [-0.15, -0.1) is 0 Å². The fraction of sp³-hybridized carbons (Fsp3) is 0.444. The maximum Gasteiger partial charge on any atom is 0.187 e. The van der Waals surface area contributed by atoms with Crippen LogP contribution in [0.15, 0.2) is 47.9 Å². The lowest BCUT2D eigenvalue weighted by Gasteiger charge is -2.32. The van der Waals surface area contributed by atoms with E-state index in [1.165, 1.54) is 5.56 Å². The maximum atomic E-state index is 9.04. The zero-order valence-electron chi connectivity index (χ0n) is 13.7. The summed E-state index contributed by atoms with van der Waals surface area (Å²) in [4.78, 5) is 11.3. The van der Waals surface area contributed by atoms with Crippen LogP contribution in [0.2, 0.25) is 0 Å². The molecule has 5 nitrogen and oxygen atoms in total. The molecular weight excluding hydrogens is 322 g/mol. The summed E-state index contributed by atoms with van der Waals surface area (Å²) in [5.41, 5.74) is 2.39. The Morgan fingerprint density at radius 1 is 1.17 bits per heavy atom. The molecule has 0 radical (unpaired) electrons. The zero-order valence-corrected chi connectivity index (χ0v) is 14.5. The first-order chi connectivity index (χ1) is 11.8. The number of aliphatic hydroxyl groups is 1. The molecule has 0 bridgehead atoms. The van der Waals surface area contributed by atoms with Crippen molar-refractivity contribution in [3.8, 4) is 0 Å². The lowest BCUT2D eigenvalue weighted by Crippen LogP contribution is -2.42. The van der Waals surface area contributed by atoms with Gasteiger partial charge in [0.25, 0.3) is 0 Å². The lowest BCUT2D eigenvalue weighted by molar-refractivity contribution is -0.0407. The summed E-state index contributed by atoms with van der Waals surface area (Å²) in [5, 5.41) is 9.85. The van der Waals surface area contributed by atoms with Crippen molar-refractivity contribution in [3.05, 3.63) is 53.9 Å². The first-order valence-corrected chi connectivity index (χ1v) is 9.24. The third-order valence-corrected chi connectivity index (χ3v) is 4.92. The highest BCUT2D eigenvalue weighted by atomic mass is 32.2. The Morgan fingerprint density at radius 3 is 2.71 bits per heavy atom. The Labute approximate surface area is 147 Å². The van der Waals surface area contributed by atoms with Gasteiger partial charge in [-0.1, -0.05) is 42.1 Å². The van der Waals surface area contributed by atoms with E-state index in [-0.39, 0.29) is 12.7 Å². The average Bonchev–Trinajstić information content (AvgIpc) is 2.63. The van der Waals surface area contributed by atoms with Gasteiger partial charge >= 0.3 is 0 Å². The van der Waals surface area contributed by atoms with Crippen LogP contribution in [0.3, 0.4) is 0 Å². The van der Waals surface area contributed by atoms with Crippen LogP contribution in [-0.4, -0.2) is 52.4 Å². The van der Waals surface area contributed by atoms with Gasteiger partial charge in [-0.05, 0) is 12.0 Å². The number of hydrogen-bond acceptors (Lipinski definition) is 6. The number of aliphatic hydroxyl groups excluding tert-OH is 1. The first kappa shape index (κ1) is 17.4. The van der Waals surface area contributed by atoms with Crippen molar-refractivity contribution >= 4 is 11.8 Å². The van der Waals surface area contributed by atoms with E-state index in [1.54, 1.807) is 11.8 Å². The number of aromatic nitrogens is 2. The summed E-state index contributed by atoms with van der Waals surface area (Å²) < 4.78 is 5.64. The standard InChI is InChI=1S/C18H23N3O2S/c22-8-6-17-13-21(7-9-23-17)12-16-10-19-18(20-11-16)24-14-15-4-2-1-3-5-15/h1-5,10-11,17,22H,6-9,12-14H2/t17-/m1/s1. The molecule has 1 aromatic carbocycles. The summed E-state index contributed by atoms with van der Waals surface area (Å²) in [7, 11) is 0. The second kappa shape index (κ2) is 9.13. The van der Waals surface area contributed by atoms with Crippen molar-refractivity contribution in [2.45, 2.75) is 30.0 Å². The second-order valence-corrected chi connectivity index (χ2v) is 6.83. The summed E-state index contributed by atoms with van der Waals surface area (Å²) in [6, 6.07) is 10.3. The van der Waals surface area contributed by atoms with E-state index in [9.17, 15) is 0 Å². The van der Waals surface area contributed by atoms with Crippen molar-refractivity contribution in [3.63, 3.8) is 0 Å². The van der Waals surface area contributed by atoms with Crippen LogP contribution >= 0.6 is 11.8 Å². The Kier molecular flexibility index (Phi) is 6.60. The van der Waals surface area contributed by atoms with Crippen LogP contribution in [0.4, 0.5) is 0 Å². The van der Waals surface area contributed by atoms with Gasteiger partial charge < -0.3 is 9.84 Å². The quantitative estimate of drug-likeness (QED) is 0.614. The van der Waals surface area contributed by atoms with E-state index in [0.29, 0.717) is 6.42 Å². The van der Waals surface area contributed by atoms with Crippen molar-refractivity contribution in [2.75, 3.05) is 26.3 Å². The van der Waals surface area contributed by atoms with Crippen LogP contribution in [0.5, 0.6) is 0 Å². The molecule has 1 saturated heterocycles. The average molecular weight is 345 g/mol. The van der Waals surface area contributed by atoms with Gasteiger partial charge in [0.05, 0.1) is 12.7 Å². The van der Waals surface area contributed by atoms with Crippen LogP contribution in [0, 0.1) is 0 Å². The smallest absolute Gasteiger partial charge is 0.187 e. The molecule has 1 atom stereocenters. The highest BCUT2D eigenvalue weighted by Gasteiger charge is 2.20. The SMILES string of the molecule is OCC[C@@H]1CN(Cc2cnc(SCc3ccccc3)nc2)CCO1. The van der Waals surface area contributed by atoms with Gasteiger partial charge in [0.2, 0.25) is 0 Å². The van der Waals surface area contributed by atoms with Gasteiger partial charge in [-0.3, -0.25) is 4.90 Å². The Bertz CT molecular complexity index is 607. The fourth-order valence-corrected chi connectivity index (χ4v) is 3.46. The Hall–Kier alpha value is -1.47. The molecule has 6 heteroatoms. The predicted octanol–water partition coefficient (Wildman–Crippen LogP) is 2.35. The van der Waals surface area contributed by atoms with Gasteiger partial charge in [0, 0.05) is 50.0 Å². The molecule has 2 heterocycles. The number of morpholine rings is 1. The number of ether oxygens (including phenoxy) is 1. The highest BCUT2D eigenvalue weighted by molar-refractivity contribution is 7.98. The van der Waals surface area contributed by atoms with E-state index < -0.39 is 0 Å². The van der Waals surface area contributed by atoms with E-state index in [0.717, 1.165) is 42.7 Å². The number of hydrogen-bond donors (Lipinski definition) is 1. The van der Waals surface area contributed by atoms with Gasteiger partial charge in [-0.25, -0.2) is 9.97 Å². The summed E-state index contributed by atoms with van der Waals surface area (Å²) in [6.07, 6.45) is 4.65. The molecule has 128 valence electrons. The third kappa shape index (κ3) is 5.27. The second-order valence-electron chi connectivity index (χ2n) is 5.89. The third-order valence-electron chi connectivity index (χ3n) is 3.97. The van der Waals surface area contributed by atoms with Crippen molar-refractivity contribution in [1.29, 1.82) is 0 Å². The minimum Gasteiger partial charge on any atom is -0.396 e. The molecule has 0 unspecified atom stereocenters. The molecule has 0 saturated carbocycles. The zero-order chi connectivity index (χ0) is 16.6. The summed E-state index contributed by atoms with van der Waals surface area (Å²) in [5.74, 6) is 0.881. The number of thioether (sulfide) groups is 1. The molecule has 0 spiro atoms. The van der Waals surface area contributed by atoms with Crippen molar-refractivity contribution < 1.29 is 9.84 Å². The molecule has 3 rings (SSSR count). The maximum absolute atomic E-state index is 9.04. The minimum absolute atomic E-state index is 0.130. The summed E-state index contributed by atoms with van der Waals surface area (Å²) >= 11 is 1.65. The monoisotopic (exact) mass is 345 g/mol. The molecule has 24 heavy (non-hydrogen) atoms. The van der Waals surface area contributed by atoms with Gasteiger partial charge in [-0.2, -0.15) is 0 Å². The first-order valence-electron chi connectivity index (χ1n) is 8.26. The van der Waals surface area contributed by atoms with Gasteiger partial charge in [0.1, 0.15) is 0 Å². The molecule has 2 aromatic rings. The van der Waals surface area contributed by atoms with Crippen LogP contribution in [-0.2, 0) is 17.0 Å². The molecule has 1 aliphatic heterocycles. The van der Waals surface area contributed by atoms with Crippen LogP contribution in [0.1, 0.15) is 17.5 Å². The highest BCUT2D eigenvalue weighted by Crippen LogP contribution is 2.19. The van der Waals surface area contributed by atoms with E-state index in [2.05, 4.69) is 27.0 Å². The van der Waals surface area contributed by atoms with E-state index in [4.69, 9.17) is 9.84 Å². The number of benzene rings is 1. The topological polar surface area (TPSA) is 58.5 Å². The normalized spacial score (nSPS) is 18.6. The van der Waals surface area contributed by atoms with Gasteiger partial charge in [0.15, 0.2) is 5.16 Å². The van der Waals surface area contributed by atoms with E-state index >= 15 is 0 Å². The molecular formula is C18H23N3O2S. The molecule has 1 N–H and O–H groups in total. The Balaban J connectivity index is 1.49. The molecule has 0 aliphatic carbocycles. The molecule has 1 fully saturated rings. The van der Waals surface area contributed by atoms with Crippen molar-refractivity contribution in [2.24, 2.45) is 0 Å². The largest absolute Gasteiger partial charge is 0.396 e. The fourth-order valence-electron chi connectivity index (χ4n) is 2.72. The molecule has 1 aromatic heterocycles. The van der Waals surface area contributed by atoms with Crippen molar-refractivity contribution in [1.82, 2.24) is 14.9 Å². The summed E-state index contributed by atoms with van der Waals surface area (Å²) in [6.45, 7) is 3.48. The lowest BCUT2D eigenvalue weighted by atomic mass is 10.2. The number of rotatable bonds is 7. The minimum atomic E-state index is 0.130. The number of nitrogens with zero attached hydrogens (tertiary/aromatic N) is 3. The van der Waals surface area contributed by atoms with E-state index in [1.807, 2.05) is 30.6 Å². The predicted molar refractivity (Wildman–Crippen MR) is 94.8 cm³/mol. The molecule has 0 amide bonds. The Morgan fingerprint density at radius 2 is 1.96 bits per heavy atom. The molecule has 1 aliphatic rings.